The van der Waals surface area contributed by atoms with Crippen LogP contribution in [0.3, 0.4) is 0 Å². The highest BCUT2D eigenvalue weighted by atomic mass is 127. The van der Waals surface area contributed by atoms with Gasteiger partial charge in [-0.15, -0.1) is 24.0 Å². The van der Waals surface area contributed by atoms with Gasteiger partial charge in [0.2, 0.25) is 15.9 Å². The van der Waals surface area contributed by atoms with Gasteiger partial charge in [-0.05, 0) is 25.0 Å². The lowest BCUT2D eigenvalue weighted by atomic mass is 9.90. The highest BCUT2D eigenvalue weighted by molar-refractivity contribution is 14.0. The molecule has 158 valence electrons. The summed E-state index contributed by atoms with van der Waals surface area (Å²) in [4.78, 5) is 16.1. The zero-order valence-corrected chi connectivity index (χ0v) is 19.7. The van der Waals surface area contributed by atoms with Crippen molar-refractivity contribution in [3.8, 4) is 0 Å². The molecule has 2 rings (SSSR count). The Balaban J connectivity index is 0.00000392. The Hall–Kier alpha value is -1.40. The number of guanidine groups is 1. The van der Waals surface area contributed by atoms with E-state index in [0.717, 1.165) is 11.3 Å². The Morgan fingerprint density at radius 2 is 2.04 bits per heavy atom. The van der Waals surface area contributed by atoms with Crippen molar-refractivity contribution < 1.29 is 13.2 Å². The van der Waals surface area contributed by atoms with E-state index in [4.69, 9.17) is 0 Å². The van der Waals surface area contributed by atoms with Crippen LogP contribution < -0.4 is 16.0 Å². The van der Waals surface area contributed by atoms with Crippen molar-refractivity contribution in [2.24, 2.45) is 4.99 Å². The molecule has 0 radical (unpaired) electrons. The third-order valence-corrected chi connectivity index (χ3v) is 6.49. The molecular weight excluding hydrogens is 493 g/mol. The predicted octanol–water partition coefficient (Wildman–Crippen LogP) is 1.57. The lowest BCUT2D eigenvalue weighted by molar-refractivity contribution is -0.116. The van der Waals surface area contributed by atoms with E-state index in [0.29, 0.717) is 38.4 Å². The molecule has 0 bridgehead atoms. The van der Waals surface area contributed by atoms with E-state index in [1.807, 2.05) is 24.3 Å². The van der Waals surface area contributed by atoms with Gasteiger partial charge in [0, 0.05) is 51.8 Å². The number of halogens is 1. The van der Waals surface area contributed by atoms with Crippen LogP contribution in [0.15, 0.2) is 29.3 Å². The fourth-order valence-electron chi connectivity index (χ4n) is 2.99. The topological polar surface area (TPSA) is 103 Å². The van der Waals surface area contributed by atoms with Gasteiger partial charge in [-0.25, -0.2) is 12.7 Å². The van der Waals surface area contributed by atoms with Crippen molar-refractivity contribution in [2.75, 3.05) is 44.8 Å². The molecule has 1 atom stereocenters. The summed E-state index contributed by atoms with van der Waals surface area (Å²) >= 11 is 0. The second-order valence-corrected chi connectivity index (χ2v) is 8.86. The van der Waals surface area contributed by atoms with Gasteiger partial charge in [0.15, 0.2) is 5.96 Å². The summed E-state index contributed by atoms with van der Waals surface area (Å²) in [7, 11) is 0.139. The molecule has 0 aromatic heterocycles. The monoisotopic (exact) mass is 523 g/mol. The molecule has 1 unspecified atom stereocenters. The van der Waals surface area contributed by atoms with Crippen molar-refractivity contribution >= 4 is 51.6 Å². The number of nitrogens with one attached hydrogen (secondary N) is 3. The van der Waals surface area contributed by atoms with Crippen molar-refractivity contribution in [3.63, 3.8) is 0 Å². The van der Waals surface area contributed by atoms with Gasteiger partial charge < -0.3 is 16.0 Å². The summed E-state index contributed by atoms with van der Waals surface area (Å²) in [6, 6.07) is 7.82. The quantitative estimate of drug-likeness (QED) is 0.208. The predicted molar refractivity (Wildman–Crippen MR) is 124 cm³/mol. The maximum Gasteiger partial charge on any atom is 0.225 e. The fourth-order valence-corrected chi connectivity index (χ4v) is 3.84. The van der Waals surface area contributed by atoms with Gasteiger partial charge in [-0.2, -0.15) is 0 Å². The first-order valence-electron chi connectivity index (χ1n) is 9.14. The van der Waals surface area contributed by atoms with Gasteiger partial charge in [-0.1, -0.05) is 18.2 Å². The van der Waals surface area contributed by atoms with Gasteiger partial charge in [0.1, 0.15) is 0 Å². The number of nitrogens with zero attached hydrogens (tertiary/aromatic N) is 2. The number of carbonyl (C=O) groups excluding carboxylic acids is 1. The van der Waals surface area contributed by atoms with Gasteiger partial charge in [-0.3, -0.25) is 9.79 Å². The Morgan fingerprint density at radius 3 is 2.71 bits per heavy atom. The number of para-hydroxylation sites is 1. The number of anilines is 1. The van der Waals surface area contributed by atoms with E-state index in [1.165, 1.54) is 4.31 Å². The van der Waals surface area contributed by atoms with Crippen molar-refractivity contribution in [3.05, 3.63) is 29.8 Å². The van der Waals surface area contributed by atoms with Crippen molar-refractivity contribution in [1.29, 1.82) is 0 Å². The number of hydrogen-bond acceptors (Lipinski definition) is 4. The van der Waals surface area contributed by atoms with E-state index in [9.17, 15) is 13.2 Å². The van der Waals surface area contributed by atoms with Gasteiger partial charge in [0.05, 0.1) is 5.75 Å². The number of rotatable bonds is 8. The van der Waals surface area contributed by atoms with E-state index in [1.54, 1.807) is 21.0 Å². The zero-order valence-electron chi connectivity index (χ0n) is 16.6. The number of benzene rings is 1. The minimum atomic E-state index is -3.14. The number of sulfonamides is 1. The normalized spacial score (nSPS) is 16.8. The number of amides is 1. The molecule has 1 aromatic carbocycles. The number of aliphatic imine (C=N–C) groups is 1. The van der Waals surface area contributed by atoms with E-state index in [2.05, 4.69) is 20.9 Å². The fraction of sp³-hybridized carbons (Fsp3) is 0.556. The molecule has 1 amide bonds. The summed E-state index contributed by atoms with van der Waals surface area (Å²) < 4.78 is 24.8. The third-order valence-electron chi connectivity index (χ3n) is 4.63. The molecular formula is C18H30IN5O3S. The summed E-state index contributed by atoms with van der Waals surface area (Å²) in [6.07, 6.45) is 1.10. The number of hydrogen-bond donors (Lipinski definition) is 3. The second kappa shape index (κ2) is 11.6. The van der Waals surface area contributed by atoms with Crippen LogP contribution in [0.4, 0.5) is 5.69 Å². The minimum Gasteiger partial charge on any atom is -0.356 e. The maximum atomic E-state index is 11.9. The number of carbonyl (C=O) groups is 1. The van der Waals surface area contributed by atoms with Crippen LogP contribution in [0.5, 0.6) is 0 Å². The smallest absolute Gasteiger partial charge is 0.225 e. The molecule has 0 spiro atoms. The molecule has 0 aliphatic carbocycles. The van der Waals surface area contributed by atoms with Crippen LogP contribution in [0.1, 0.15) is 31.2 Å². The van der Waals surface area contributed by atoms with E-state index < -0.39 is 10.0 Å². The molecule has 1 aliphatic heterocycles. The third kappa shape index (κ3) is 6.89. The summed E-state index contributed by atoms with van der Waals surface area (Å²) in [5.41, 5.74) is 1.98. The molecule has 10 heteroatoms. The molecule has 1 heterocycles. The molecule has 28 heavy (non-hydrogen) atoms. The largest absolute Gasteiger partial charge is 0.356 e. The summed E-state index contributed by atoms with van der Waals surface area (Å²) in [5.74, 6) is 0.841. The average Bonchev–Trinajstić information content (AvgIpc) is 2.66. The lowest BCUT2D eigenvalue weighted by Gasteiger charge is -2.26. The van der Waals surface area contributed by atoms with Crippen molar-refractivity contribution in [2.45, 2.75) is 25.7 Å². The summed E-state index contributed by atoms with van der Waals surface area (Å²) in [6.45, 7) is 3.29. The first-order valence-corrected chi connectivity index (χ1v) is 10.8. The van der Waals surface area contributed by atoms with Crippen LogP contribution in [0.2, 0.25) is 0 Å². The molecule has 3 N–H and O–H groups in total. The Kier molecular flexibility index (Phi) is 10.2. The molecule has 0 saturated carbocycles. The second-order valence-electron chi connectivity index (χ2n) is 6.49. The van der Waals surface area contributed by atoms with E-state index >= 15 is 0 Å². The minimum absolute atomic E-state index is 0. The zero-order chi connectivity index (χ0) is 19.9. The molecule has 0 saturated heterocycles. The Labute approximate surface area is 184 Å². The van der Waals surface area contributed by atoms with Gasteiger partial charge in [0.25, 0.3) is 0 Å². The molecule has 1 aliphatic rings. The molecule has 8 nitrogen and oxygen atoms in total. The molecule has 1 aromatic rings. The average molecular weight is 523 g/mol. The summed E-state index contributed by atoms with van der Waals surface area (Å²) in [5, 5.41) is 9.34. The van der Waals surface area contributed by atoms with Crippen LogP contribution in [0, 0.1) is 0 Å². The first-order chi connectivity index (χ1) is 12.9. The maximum absolute atomic E-state index is 11.9. The lowest BCUT2D eigenvalue weighted by Crippen LogP contribution is -2.41. The Bertz CT molecular complexity index is 785. The first kappa shape index (κ1) is 24.6. The standard InChI is InChI=1S/C18H29N5O3S.HI/c1-4-27(25,26)23(3)11-7-10-20-18(19-2)21-13-14-12-17(24)22-16-9-6-5-8-15(14)16;/h5-6,8-9,14H,4,7,10-13H2,1-3H3,(H,22,24)(H2,19,20,21);1H. The van der Waals surface area contributed by atoms with Crippen LogP contribution in [-0.2, 0) is 14.8 Å². The molecule has 0 fully saturated rings. The van der Waals surface area contributed by atoms with Crippen LogP contribution in [0.25, 0.3) is 0 Å². The van der Waals surface area contributed by atoms with Crippen molar-refractivity contribution in [1.82, 2.24) is 14.9 Å². The highest BCUT2D eigenvalue weighted by Gasteiger charge is 2.24. The highest BCUT2D eigenvalue weighted by Crippen LogP contribution is 2.31. The Morgan fingerprint density at radius 1 is 1.32 bits per heavy atom. The van der Waals surface area contributed by atoms with Crippen LogP contribution >= 0.6 is 24.0 Å². The SMILES string of the molecule is CCS(=O)(=O)N(C)CCCNC(=NC)NCC1CC(=O)Nc2ccccc21.I. The van der Waals surface area contributed by atoms with E-state index in [-0.39, 0.29) is 41.6 Å². The van der Waals surface area contributed by atoms with Gasteiger partial charge >= 0.3 is 0 Å². The number of fused-ring (bicyclic) bond motifs is 1. The van der Waals surface area contributed by atoms with Crippen LogP contribution in [-0.4, -0.2) is 64.1 Å².